The van der Waals surface area contributed by atoms with Crippen molar-refractivity contribution >= 4 is 11.9 Å². The van der Waals surface area contributed by atoms with Crippen LogP contribution < -0.4 is 5.32 Å². The van der Waals surface area contributed by atoms with Crippen LogP contribution in [0.5, 0.6) is 0 Å². The van der Waals surface area contributed by atoms with Gasteiger partial charge >= 0.3 is 5.97 Å². The lowest BCUT2D eigenvalue weighted by molar-refractivity contribution is -0.140. The van der Waals surface area contributed by atoms with Crippen LogP contribution in [0, 0.1) is 0 Å². The van der Waals surface area contributed by atoms with Gasteiger partial charge in [0.15, 0.2) is 0 Å². The van der Waals surface area contributed by atoms with Gasteiger partial charge in [-0.05, 0) is 19.3 Å². The van der Waals surface area contributed by atoms with Gasteiger partial charge in [0, 0.05) is 25.2 Å². The molecule has 2 rings (SSSR count). The minimum atomic E-state index is -1.07. The van der Waals surface area contributed by atoms with Gasteiger partial charge in [-0.1, -0.05) is 0 Å². The Balaban J connectivity index is 1.71. The van der Waals surface area contributed by atoms with E-state index in [1.165, 1.54) is 12.8 Å². The summed E-state index contributed by atoms with van der Waals surface area (Å²) < 4.78 is 0. The van der Waals surface area contributed by atoms with Gasteiger partial charge in [0.2, 0.25) is 5.91 Å². The molecular weight excluding hydrogens is 196 g/mol. The number of carboxylic acids is 1. The van der Waals surface area contributed by atoms with Crippen LogP contribution in [-0.2, 0) is 9.59 Å². The van der Waals surface area contributed by atoms with Crippen molar-refractivity contribution in [3.63, 3.8) is 0 Å². The minimum Gasteiger partial charge on any atom is -0.481 e. The summed E-state index contributed by atoms with van der Waals surface area (Å²) in [4.78, 5) is 23.9. The van der Waals surface area contributed by atoms with E-state index in [-0.39, 0.29) is 11.9 Å². The van der Waals surface area contributed by atoms with Crippen LogP contribution in [0.15, 0.2) is 0 Å². The number of amides is 1. The van der Waals surface area contributed by atoms with Gasteiger partial charge in [-0.15, -0.1) is 0 Å². The third-order valence-corrected chi connectivity index (χ3v) is 2.96. The lowest BCUT2D eigenvalue weighted by atomic mass is 10.2. The number of carbonyl (C=O) groups is 2. The predicted molar refractivity (Wildman–Crippen MR) is 53.4 cm³/mol. The molecule has 0 radical (unpaired) electrons. The molecule has 1 heterocycles. The van der Waals surface area contributed by atoms with Gasteiger partial charge in [-0.25, -0.2) is 0 Å². The largest absolute Gasteiger partial charge is 0.481 e. The molecule has 0 aromatic heterocycles. The van der Waals surface area contributed by atoms with E-state index in [4.69, 9.17) is 5.11 Å². The molecule has 1 saturated carbocycles. The first kappa shape index (κ1) is 10.4. The van der Waals surface area contributed by atoms with E-state index < -0.39 is 12.4 Å². The van der Waals surface area contributed by atoms with E-state index >= 15 is 0 Å². The Labute approximate surface area is 88.4 Å². The lowest BCUT2D eigenvalue weighted by Gasteiger charge is -2.15. The average molecular weight is 212 g/mol. The normalized spacial score (nSPS) is 26.5. The number of rotatable bonds is 4. The topological polar surface area (TPSA) is 69.6 Å². The number of hydrogen-bond acceptors (Lipinski definition) is 3. The molecule has 0 aromatic carbocycles. The zero-order valence-corrected chi connectivity index (χ0v) is 8.61. The molecule has 15 heavy (non-hydrogen) atoms. The summed E-state index contributed by atoms with van der Waals surface area (Å²) in [5.41, 5.74) is 0. The molecule has 5 nitrogen and oxygen atoms in total. The van der Waals surface area contributed by atoms with Crippen LogP contribution in [0.4, 0.5) is 0 Å². The van der Waals surface area contributed by atoms with Crippen molar-refractivity contribution in [1.29, 1.82) is 0 Å². The van der Waals surface area contributed by atoms with E-state index in [1.54, 1.807) is 0 Å². The summed E-state index contributed by atoms with van der Waals surface area (Å²) in [5.74, 6) is -1.44. The quantitative estimate of drug-likeness (QED) is 0.634. The third kappa shape index (κ3) is 2.92. The van der Waals surface area contributed by atoms with Crippen LogP contribution in [0.3, 0.4) is 0 Å². The maximum Gasteiger partial charge on any atom is 0.312 e. The number of aliphatic carboxylic acids is 1. The highest BCUT2D eigenvalue weighted by Gasteiger charge is 2.34. The monoisotopic (exact) mass is 212 g/mol. The van der Waals surface area contributed by atoms with Gasteiger partial charge in [-0.3, -0.25) is 14.5 Å². The number of nitrogens with one attached hydrogen (secondary N) is 1. The molecule has 1 amide bonds. The SMILES string of the molecule is O=C(O)CC(=O)NC1CCN(C2CC2)C1. The van der Waals surface area contributed by atoms with Crippen LogP contribution in [-0.4, -0.2) is 47.1 Å². The van der Waals surface area contributed by atoms with Crippen molar-refractivity contribution in [2.45, 2.75) is 37.8 Å². The predicted octanol–water partition coefficient (Wildman–Crippen LogP) is -0.186. The molecule has 1 aliphatic carbocycles. The van der Waals surface area contributed by atoms with Gasteiger partial charge in [0.1, 0.15) is 6.42 Å². The fraction of sp³-hybridized carbons (Fsp3) is 0.800. The van der Waals surface area contributed by atoms with Gasteiger partial charge in [0.25, 0.3) is 0 Å². The van der Waals surface area contributed by atoms with E-state index in [0.29, 0.717) is 0 Å². The molecule has 0 spiro atoms. The molecule has 1 aliphatic heterocycles. The standard InChI is InChI=1S/C10H16N2O3/c13-9(5-10(14)15)11-7-3-4-12(6-7)8-1-2-8/h7-8H,1-6H2,(H,11,13)(H,14,15). The number of carbonyl (C=O) groups excluding carboxylic acids is 1. The maximum absolute atomic E-state index is 11.2. The fourth-order valence-electron chi connectivity index (χ4n) is 2.09. The Morgan fingerprint density at radius 2 is 2.07 bits per heavy atom. The van der Waals surface area contributed by atoms with Crippen molar-refractivity contribution in [2.24, 2.45) is 0 Å². The van der Waals surface area contributed by atoms with Gasteiger partial charge in [0.05, 0.1) is 0 Å². The van der Waals surface area contributed by atoms with E-state index in [1.807, 2.05) is 0 Å². The molecule has 1 saturated heterocycles. The molecular formula is C10H16N2O3. The Kier molecular flexibility index (Phi) is 2.90. The zero-order chi connectivity index (χ0) is 10.8. The second-order valence-corrected chi connectivity index (χ2v) is 4.35. The number of nitrogens with zero attached hydrogens (tertiary/aromatic N) is 1. The first-order valence-electron chi connectivity index (χ1n) is 5.40. The number of hydrogen-bond donors (Lipinski definition) is 2. The summed E-state index contributed by atoms with van der Waals surface area (Å²) >= 11 is 0. The van der Waals surface area contributed by atoms with E-state index in [2.05, 4.69) is 10.2 Å². The molecule has 2 aliphatic rings. The van der Waals surface area contributed by atoms with E-state index in [9.17, 15) is 9.59 Å². The van der Waals surface area contributed by atoms with E-state index in [0.717, 1.165) is 25.6 Å². The first-order chi connectivity index (χ1) is 7.15. The van der Waals surface area contributed by atoms with Crippen molar-refractivity contribution in [1.82, 2.24) is 10.2 Å². The molecule has 0 aromatic rings. The molecule has 84 valence electrons. The van der Waals surface area contributed by atoms with Crippen LogP contribution >= 0.6 is 0 Å². The van der Waals surface area contributed by atoms with Crippen molar-refractivity contribution in [3.05, 3.63) is 0 Å². The van der Waals surface area contributed by atoms with Crippen molar-refractivity contribution in [2.75, 3.05) is 13.1 Å². The summed E-state index contributed by atoms with van der Waals surface area (Å²) in [6, 6.07) is 0.879. The summed E-state index contributed by atoms with van der Waals surface area (Å²) in [7, 11) is 0. The Bertz CT molecular complexity index is 276. The van der Waals surface area contributed by atoms with Crippen LogP contribution in [0.1, 0.15) is 25.7 Å². The highest BCUT2D eigenvalue weighted by atomic mass is 16.4. The maximum atomic E-state index is 11.2. The highest BCUT2D eigenvalue weighted by molar-refractivity contribution is 5.93. The first-order valence-corrected chi connectivity index (χ1v) is 5.40. The summed E-state index contributed by atoms with van der Waals surface area (Å²) in [6.45, 7) is 1.92. The summed E-state index contributed by atoms with van der Waals surface area (Å²) in [5, 5.41) is 11.2. The van der Waals surface area contributed by atoms with Crippen LogP contribution in [0.2, 0.25) is 0 Å². The lowest BCUT2D eigenvalue weighted by Crippen LogP contribution is -2.38. The number of carboxylic acid groups (broad SMARTS) is 1. The smallest absolute Gasteiger partial charge is 0.312 e. The summed E-state index contributed by atoms with van der Waals surface area (Å²) in [6.07, 6.45) is 3.08. The van der Waals surface area contributed by atoms with Crippen molar-refractivity contribution in [3.8, 4) is 0 Å². The molecule has 5 heteroatoms. The third-order valence-electron chi connectivity index (χ3n) is 2.96. The number of likely N-dealkylation sites (tertiary alicyclic amines) is 1. The average Bonchev–Trinajstić information content (AvgIpc) is 2.87. The van der Waals surface area contributed by atoms with Gasteiger partial charge < -0.3 is 10.4 Å². The molecule has 1 atom stereocenters. The Morgan fingerprint density at radius 3 is 2.67 bits per heavy atom. The van der Waals surface area contributed by atoms with Crippen LogP contribution in [0.25, 0.3) is 0 Å². The molecule has 2 N–H and O–H groups in total. The van der Waals surface area contributed by atoms with Gasteiger partial charge in [-0.2, -0.15) is 0 Å². The molecule has 1 unspecified atom stereocenters. The highest BCUT2D eigenvalue weighted by Crippen LogP contribution is 2.29. The zero-order valence-electron chi connectivity index (χ0n) is 8.61. The Morgan fingerprint density at radius 1 is 1.33 bits per heavy atom. The second kappa shape index (κ2) is 4.18. The fourth-order valence-corrected chi connectivity index (χ4v) is 2.09. The Hall–Kier alpha value is -1.10. The second-order valence-electron chi connectivity index (χ2n) is 4.35. The molecule has 0 bridgehead atoms. The van der Waals surface area contributed by atoms with Crippen molar-refractivity contribution < 1.29 is 14.7 Å². The molecule has 2 fully saturated rings. The minimum absolute atomic E-state index is 0.150.